The number of nitrogens with one attached hydrogen (secondary N) is 1. The van der Waals surface area contributed by atoms with Crippen molar-refractivity contribution in [3.63, 3.8) is 0 Å². The van der Waals surface area contributed by atoms with Crippen LogP contribution in [0.15, 0.2) is 48.5 Å². The lowest BCUT2D eigenvalue weighted by Crippen LogP contribution is -2.41. The monoisotopic (exact) mass is 493 g/mol. The minimum atomic E-state index is -1.36. The number of methoxy groups -OCH3 is 2. The number of carbonyl (C=O) groups excluding carboxylic acids is 3. The lowest BCUT2D eigenvalue weighted by Gasteiger charge is -2.23. The number of rotatable bonds is 8. The molecule has 1 saturated heterocycles. The number of hydrogen-bond donors (Lipinski definition) is 1. The maximum Gasteiger partial charge on any atom is 0.325 e. The molecule has 1 unspecified atom stereocenters. The van der Waals surface area contributed by atoms with Gasteiger partial charge in [-0.2, -0.15) is 0 Å². The van der Waals surface area contributed by atoms with Gasteiger partial charge < -0.3 is 19.4 Å². The zero-order valence-electron chi connectivity index (χ0n) is 20.8. The molecule has 1 atom stereocenters. The van der Waals surface area contributed by atoms with Crippen LogP contribution in [-0.2, 0) is 16.9 Å². The molecule has 3 amide bonds. The number of benzene rings is 2. The van der Waals surface area contributed by atoms with E-state index in [-0.39, 0.29) is 11.6 Å². The average molecular weight is 494 g/mol. The first kappa shape index (κ1) is 25.0. The van der Waals surface area contributed by atoms with Crippen molar-refractivity contribution in [3.8, 4) is 11.5 Å². The lowest BCUT2D eigenvalue weighted by atomic mass is 9.91. The zero-order valence-corrected chi connectivity index (χ0v) is 20.8. The van der Waals surface area contributed by atoms with E-state index in [1.807, 2.05) is 18.4 Å². The van der Waals surface area contributed by atoms with Gasteiger partial charge in [0.05, 0.1) is 20.8 Å². The van der Waals surface area contributed by atoms with E-state index in [2.05, 4.69) is 5.32 Å². The molecular formula is C27H28FN3O5. The fourth-order valence-corrected chi connectivity index (χ4v) is 4.51. The maximum atomic E-state index is 13.4. The maximum absolute atomic E-state index is 13.4. The summed E-state index contributed by atoms with van der Waals surface area (Å²) in [5.74, 6) is -0.294. The summed E-state index contributed by atoms with van der Waals surface area (Å²) in [4.78, 5) is 40.3. The molecule has 1 fully saturated rings. The average Bonchev–Trinajstić information content (AvgIpc) is 3.27. The molecule has 0 aliphatic carbocycles. The highest BCUT2D eigenvalue weighted by molar-refractivity contribution is 6.11. The Morgan fingerprint density at radius 1 is 1.00 bits per heavy atom. The summed E-state index contributed by atoms with van der Waals surface area (Å²) in [5.41, 5.74) is 2.00. The van der Waals surface area contributed by atoms with Gasteiger partial charge >= 0.3 is 6.03 Å². The molecule has 2 heterocycles. The predicted molar refractivity (Wildman–Crippen MR) is 131 cm³/mol. The van der Waals surface area contributed by atoms with Gasteiger partial charge in [-0.25, -0.2) is 9.18 Å². The van der Waals surface area contributed by atoms with Gasteiger partial charge in [-0.3, -0.25) is 14.5 Å². The van der Waals surface area contributed by atoms with Crippen LogP contribution in [0.4, 0.5) is 9.18 Å². The minimum Gasteiger partial charge on any atom is -0.493 e. The molecule has 1 aromatic heterocycles. The zero-order chi connectivity index (χ0) is 26.2. The summed E-state index contributed by atoms with van der Waals surface area (Å²) in [5, 5.41) is 2.71. The molecule has 0 spiro atoms. The van der Waals surface area contributed by atoms with Crippen molar-refractivity contribution in [3.05, 3.63) is 82.4 Å². The number of imide groups is 1. The van der Waals surface area contributed by atoms with E-state index in [1.165, 1.54) is 26.4 Å². The second kappa shape index (κ2) is 9.49. The Hall–Kier alpha value is -4.14. The van der Waals surface area contributed by atoms with Crippen molar-refractivity contribution in [1.82, 2.24) is 14.8 Å². The van der Waals surface area contributed by atoms with Crippen molar-refractivity contribution < 1.29 is 28.2 Å². The highest BCUT2D eigenvalue weighted by Crippen LogP contribution is 2.35. The van der Waals surface area contributed by atoms with E-state index in [0.717, 1.165) is 16.2 Å². The van der Waals surface area contributed by atoms with Gasteiger partial charge in [0.15, 0.2) is 17.3 Å². The first-order valence-electron chi connectivity index (χ1n) is 11.4. The van der Waals surface area contributed by atoms with Crippen LogP contribution in [0.3, 0.4) is 0 Å². The SMILES string of the molecule is COc1ccc(C2(C)NC(=O)N(CC(=O)c3cc(C)n(Cc4ccc(F)cc4)c3C)C2=O)cc1OC. The topological polar surface area (TPSA) is 89.9 Å². The van der Waals surface area contributed by atoms with Gasteiger partial charge in [-0.15, -0.1) is 0 Å². The number of carbonyl (C=O) groups is 3. The summed E-state index contributed by atoms with van der Waals surface area (Å²) in [6.45, 7) is 5.34. The molecule has 9 heteroatoms. The largest absolute Gasteiger partial charge is 0.493 e. The van der Waals surface area contributed by atoms with Crippen LogP contribution in [-0.4, -0.2) is 48.0 Å². The highest BCUT2D eigenvalue weighted by Gasteiger charge is 2.49. The summed E-state index contributed by atoms with van der Waals surface area (Å²) in [6.07, 6.45) is 0. The smallest absolute Gasteiger partial charge is 0.325 e. The number of amides is 3. The summed E-state index contributed by atoms with van der Waals surface area (Å²) >= 11 is 0. The molecule has 36 heavy (non-hydrogen) atoms. The van der Waals surface area contributed by atoms with Crippen LogP contribution in [0.5, 0.6) is 11.5 Å². The Kier molecular flexibility index (Phi) is 6.58. The summed E-state index contributed by atoms with van der Waals surface area (Å²) in [7, 11) is 2.99. The molecule has 4 rings (SSSR count). The Labute approximate surface area is 208 Å². The molecule has 3 aromatic rings. The molecule has 1 aliphatic heterocycles. The van der Waals surface area contributed by atoms with Crippen LogP contribution in [0.2, 0.25) is 0 Å². The van der Waals surface area contributed by atoms with Crippen molar-refractivity contribution in [2.45, 2.75) is 32.9 Å². The van der Waals surface area contributed by atoms with Gasteiger partial charge in [-0.1, -0.05) is 18.2 Å². The van der Waals surface area contributed by atoms with E-state index >= 15 is 0 Å². The highest BCUT2D eigenvalue weighted by atomic mass is 19.1. The molecule has 0 bridgehead atoms. The Morgan fingerprint density at radius 2 is 1.67 bits per heavy atom. The fourth-order valence-electron chi connectivity index (χ4n) is 4.51. The lowest BCUT2D eigenvalue weighted by molar-refractivity contribution is -0.130. The summed E-state index contributed by atoms with van der Waals surface area (Å²) in [6, 6.07) is 12.2. The molecule has 8 nitrogen and oxygen atoms in total. The number of ether oxygens (including phenoxy) is 2. The van der Waals surface area contributed by atoms with Gasteiger partial charge in [0, 0.05) is 23.5 Å². The van der Waals surface area contributed by atoms with Gasteiger partial charge in [-0.05, 0) is 62.2 Å². The third kappa shape index (κ3) is 4.32. The van der Waals surface area contributed by atoms with Crippen LogP contribution >= 0.6 is 0 Å². The first-order valence-corrected chi connectivity index (χ1v) is 11.4. The molecule has 188 valence electrons. The quantitative estimate of drug-likeness (QED) is 0.379. The van der Waals surface area contributed by atoms with E-state index in [1.54, 1.807) is 43.3 Å². The summed E-state index contributed by atoms with van der Waals surface area (Å²) < 4.78 is 25.8. The third-order valence-corrected chi connectivity index (χ3v) is 6.67. The van der Waals surface area contributed by atoms with Crippen molar-refractivity contribution in [2.75, 3.05) is 20.8 Å². The number of urea groups is 1. The molecule has 0 saturated carbocycles. The molecule has 2 aromatic carbocycles. The number of aromatic nitrogens is 1. The molecule has 1 N–H and O–H groups in total. The van der Waals surface area contributed by atoms with Crippen LogP contribution < -0.4 is 14.8 Å². The minimum absolute atomic E-state index is 0.316. The Balaban J connectivity index is 1.56. The predicted octanol–water partition coefficient (Wildman–Crippen LogP) is 3.96. The van der Waals surface area contributed by atoms with Crippen molar-refractivity contribution in [2.24, 2.45) is 0 Å². The first-order chi connectivity index (χ1) is 17.1. The van der Waals surface area contributed by atoms with E-state index < -0.39 is 24.0 Å². The number of halogens is 1. The van der Waals surface area contributed by atoms with Crippen LogP contribution in [0.1, 0.15) is 39.8 Å². The number of Topliss-reactive ketones (excluding diaryl/α,β-unsaturated/α-hetero) is 1. The van der Waals surface area contributed by atoms with Crippen LogP contribution in [0.25, 0.3) is 0 Å². The third-order valence-electron chi connectivity index (χ3n) is 6.67. The normalized spacial score (nSPS) is 17.3. The number of nitrogens with zero attached hydrogens (tertiary/aromatic N) is 2. The van der Waals surface area contributed by atoms with Gasteiger partial charge in [0.2, 0.25) is 0 Å². The Morgan fingerprint density at radius 3 is 2.31 bits per heavy atom. The van der Waals surface area contributed by atoms with Gasteiger partial charge in [0.25, 0.3) is 5.91 Å². The van der Waals surface area contributed by atoms with E-state index in [0.29, 0.717) is 34.9 Å². The molecule has 0 radical (unpaired) electrons. The molecule has 1 aliphatic rings. The van der Waals surface area contributed by atoms with E-state index in [9.17, 15) is 18.8 Å². The van der Waals surface area contributed by atoms with Gasteiger partial charge in [0.1, 0.15) is 11.4 Å². The molecular weight excluding hydrogens is 465 g/mol. The van der Waals surface area contributed by atoms with E-state index in [4.69, 9.17) is 9.47 Å². The second-order valence-electron chi connectivity index (χ2n) is 8.94. The fraction of sp³-hybridized carbons (Fsp3) is 0.296. The van der Waals surface area contributed by atoms with Crippen molar-refractivity contribution >= 4 is 17.7 Å². The number of aryl methyl sites for hydroxylation is 1. The van der Waals surface area contributed by atoms with Crippen LogP contribution in [0, 0.1) is 19.7 Å². The number of hydrogen-bond acceptors (Lipinski definition) is 5. The standard InChI is InChI=1S/C27H28FN3O5/c1-16-12-21(17(2)30(16)14-18-6-9-20(28)10-7-18)22(32)15-31-25(33)27(3,29-26(31)34)19-8-11-23(35-4)24(13-19)36-5/h6-13H,14-15H2,1-5H3,(H,29,34). The van der Waals surface area contributed by atoms with Crippen molar-refractivity contribution in [1.29, 1.82) is 0 Å². The number of ketones is 1. The Bertz CT molecular complexity index is 1350. The second-order valence-corrected chi connectivity index (χ2v) is 8.94.